The number of amides is 2. The second-order valence-electron chi connectivity index (χ2n) is 7.09. The van der Waals surface area contributed by atoms with Gasteiger partial charge in [-0.3, -0.25) is 0 Å². The van der Waals surface area contributed by atoms with Crippen molar-refractivity contribution in [3.8, 4) is 5.88 Å². The zero-order valence-electron chi connectivity index (χ0n) is 15.6. The van der Waals surface area contributed by atoms with Gasteiger partial charge < -0.3 is 20.3 Å². The fourth-order valence-corrected chi connectivity index (χ4v) is 3.88. The Bertz CT molecular complexity index is 1070. The lowest BCUT2D eigenvalue weighted by Gasteiger charge is -2.27. The van der Waals surface area contributed by atoms with Crippen molar-refractivity contribution in [2.24, 2.45) is 0 Å². The Balaban J connectivity index is 1.61. The predicted molar refractivity (Wildman–Crippen MR) is 104 cm³/mol. The molecule has 29 heavy (non-hydrogen) atoms. The number of carbonyl (C=O) groups excluding carboxylic acids is 1. The molecule has 0 spiro atoms. The van der Waals surface area contributed by atoms with E-state index in [1.165, 1.54) is 12.3 Å². The maximum Gasteiger partial charge on any atom is 0.319 e. The van der Waals surface area contributed by atoms with Crippen molar-refractivity contribution in [1.82, 2.24) is 24.9 Å². The predicted octanol–water partition coefficient (Wildman–Crippen LogP) is 2.51. The summed E-state index contributed by atoms with van der Waals surface area (Å²) in [6.07, 6.45) is 6.92. The summed E-state index contributed by atoms with van der Waals surface area (Å²) in [6.45, 7) is 1.57. The van der Waals surface area contributed by atoms with Crippen molar-refractivity contribution >= 4 is 23.2 Å². The van der Waals surface area contributed by atoms with E-state index in [1.807, 2.05) is 6.07 Å². The van der Waals surface area contributed by atoms with Crippen LogP contribution in [-0.2, 0) is 0 Å². The Morgan fingerprint density at radius 2 is 2.21 bits per heavy atom. The second-order valence-corrected chi connectivity index (χ2v) is 7.09. The van der Waals surface area contributed by atoms with E-state index in [1.54, 1.807) is 16.9 Å². The number of anilines is 2. The molecule has 150 valence electrons. The van der Waals surface area contributed by atoms with Gasteiger partial charge in [-0.05, 0) is 31.4 Å². The number of halogens is 1. The number of nitrogens with zero attached hydrogens (tertiary/aromatic N) is 5. The molecule has 1 atom stereocenters. The highest BCUT2D eigenvalue weighted by atomic mass is 19.1. The van der Waals surface area contributed by atoms with Gasteiger partial charge in [-0.2, -0.15) is 5.10 Å². The van der Waals surface area contributed by atoms with Gasteiger partial charge in [-0.15, -0.1) is 0 Å². The highest BCUT2D eigenvalue weighted by Gasteiger charge is 2.31. The van der Waals surface area contributed by atoms with Gasteiger partial charge in [-0.1, -0.05) is 0 Å². The molecule has 1 fully saturated rings. The van der Waals surface area contributed by atoms with Crippen molar-refractivity contribution in [3.63, 3.8) is 0 Å². The summed E-state index contributed by atoms with van der Waals surface area (Å²) >= 11 is 0. The number of pyridine rings is 1. The zero-order chi connectivity index (χ0) is 19.8. The van der Waals surface area contributed by atoms with Gasteiger partial charge in [-0.25, -0.2) is 23.7 Å². The van der Waals surface area contributed by atoms with Crippen LogP contribution in [0.1, 0.15) is 30.9 Å². The lowest BCUT2D eigenvalue weighted by Crippen LogP contribution is -2.30. The summed E-state index contributed by atoms with van der Waals surface area (Å²) in [7, 11) is 0. The number of aromatic nitrogens is 4. The maximum absolute atomic E-state index is 14.0. The molecule has 2 amide bonds. The Labute approximate surface area is 165 Å². The molecular formula is C19H20FN7O2. The minimum Gasteiger partial charge on any atom is -0.477 e. The van der Waals surface area contributed by atoms with E-state index in [9.17, 15) is 9.18 Å². The monoisotopic (exact) mass is 397 g/mol. The SMILES string of the molecule is O=C1NCCCOc2ncc(F)cc2C2CCCN2c2ccn3ncc(c3n2)N1. The summed E-state index contributed by atoms with van der Waals surface area (Å²) in [6, 6.07) is 2.94. The van der Waals surface area contributed by atoms with Crippen molar-refractivity contribution in [2.45, 2.75) is 25.3 Å². The van der Waals surface area contributed by atoms with Crippen molar-refractivity contribution in [3.05, 3.63) is 42.1 Å². The van der Waals surface area contributed by atoms with E-state index < -0.39 is 5.82 Å². The van der Waals surface area contributed by atoms with Gasteiger partial charge >= 0.3 is 6.03 Å². The number of fused-ring (bicyclic) bond motifs is 5. The minimum absolute atomic E-state index is 0.0904. The summed E-state index contributed by atoms with van der Waals surface area (Å²) in [5.41, 5.74) is 1.79. The Morgan fingerprint density at radius 1 is 1.28 bits per heavy atom. The zero-order valence-corrected chi connectivity index (χ0v) is 15.6. The third kappa shape index (κ3) is 3.30. The van der Waals surface area contributed by atoms with Crippen molar-refractivity contribution in [2.75, 3.05) is 29.9 Å². The van der Waals surface area contributed by atoms with Crippen molar-refractivity contribution in [1.29, 1.82) is 0 Å². The molecule has 0 aromatic carbocycles. The largest absolute Gasteiger partial charge is 0.477 e. The molecule has 0 aliphatic carbocycles. The van der Waals surface area contributed by atoms with Gasteiger partial charge in [0.15, 0.2) is 5.65 Å². The molecule has 0 radical (unpaired) electrons. The number of rotatable bonds is 0. The third-order valence-corrected chi connectivity index (χ3v) is 5.20. The first-order valence-electron chi connectivity index (χ1n) is 9.63. The molecule has 1 saturated heterocycles. The summed E-state index contributed by atoms with van der Waals surface area (Å²) in [5.74, 6) is 0.762. The highest BCUT2D eigenvalue weighted by molar-refractivity contribution is 5.93. The Kier molecular flexibility index (Phi) is 4.38. The highest BCUT2D eigenvalue weighted by Crippen LogP contribution is 2.39. The standard InChI is InChI=1S/C19H20FN7O2/c20-12-9-13-15-3-1-6-26(15)16-4-7-27-17(25-16)14(11-23-27)24-19(28)21-5-2-8-29-18(13)22-10-12/h4,7,9-11,15H,1-3,5-6,8H2,(H2,21,24,28). The number of carbonyl (C=O) groups is 1. The van der Waals surface area contributed by atoms with Crippen LogP contribution in [0.25, 0.3) is 5.65 Å². The lowest BCUT2D eigenvalue weighted by molar-refractivity contribution is 0.249. The molecular weight excluding hydrogens is 377 g/mol. The van der Waals surface area contributed by atoms with Crippen LogP contribution in [-0.4, -0.2) is 45.3 Å². The number of ether oxygens (including phenoxy) is 1. The average Bonchev–Trinajstić information content (AvgIpc) is 3.35. The molecule has 2 aliphatic heterocycles. The average molecular weight is 397 g/mol. The minimum atomic E-state index is -0.393. The van der Waals surface area contributed by atoms with Crippen LogP contribution < -0.4 is 20.3 Å². The number of urea groups is 1. The number of hydrogen-bond donors (Lipinski definition) is 2. The van der Waals surface area contributed by atoms with E-state index in [-0.39, 0.29) is 12.1 Å². The van der Waals surface area contributed by atoms with Gasteiger partial charge in [0.05, 0.1) is 25.0 Å². The molecule has 2 bridgehead atoms. The molecule has 5 heterocycles. The summed E-state index contributed by atoms with van der Waals surface area (Å²) < 4.78 is 21.5. The quantitative estimate of drug-likeness (QED) is 0.605. The van der Waals surface area contributed by atoms with Crippen LogP contribution in [0.2, 0.25) is 0 Å². The first kappa shape index (κ1) is 17.7. The van der Waals surface area contributed by atoms with Gasteiger partial charge in [0.1, 0.15) is 17.3 Å². The van der Waals surface area contributed by atoms with E-state index in [2.05, 4.69) is 25.6 Å². The van der Waals surface area contributed by atoms with Crippen LogP contribution in [0.4, 0.5) is 20.7 Å². The van der Waals surface area contributed by atoms with E-state index in [0.29, 0.717) is 36.8 Å². The molecule has 0 saturated carbocycles. The molecule has 10 heteroatoms. The van der Waals surface area contributed by atoms with Gasteiger partial charge in [0.2, 0.25) is 5.88 Å². The normalized spacial score (nSPS) is 19.6. The fourth-order valence-electron chi connectivity index (χ4n) is 3.88. The van der Waals surface area contributed by atoms with E-state index >= 15 is 0 Å². The molecule has 3 aromatic heterocycles. The molecule has 2 aliphatic rings. The molecule has 1 unspecified atom stereocenters. The first-order chi connectivity index (χ1) is 14.2. The number of nitrogens with one attached hydrogen (secondary N) is 2. The molecule has 3 aromatic rings. The van der Waals surface area contributed by atoms with Crippen LogP contribution in [0, 0.1) is 5.82 Å². The maximum atomic E-state index is 14.0. The second kappa shape index (κ2) is 7.19. The Morgan fingerprint density at radius 3 is 3.14 bits per heavy atom. The van der Waals surface area contributed by atoms with Gasteiger partial charge in [0, 0.05) is 24.8 Å². The molecule has 9 nitrogen and oxygen atoms in total. The molecule has 2 N–H and O–H groups in total. The fraction of sp³-hybridized carbons (Fsp3) is 0.368. The van der Waals surface area contributed by atoms with Crippen LogP contribution in [0.3, 0.4) is 0 Å². The Hall–Kier alpha value is -3.43. The van der Waals surface area contributed by atoms with Crippen molar-refractivity contribution < 1.29 is 13.9 Å². The first-order valence-corrected chi connectivity index (χ1v) is 9.63. The smallest absolute Gasteiger partial charge is 0.319 e. The number of hydrogen-bond acceptors (Lipinski definition) is 6. The van der Waals surface area contributed by atoms with Crippen LogP contribution >= 0.6 is 0 Å². The third-order valence-electron chi connectivity index (χ3n) is 5.20. The van der Waals surface area contributed by atoms with Crippen LogP contribution in [0.15, 0.2) is 30.7 Å². The van der Waals surface area contributed by atoms with E-state index in [4.69, 9.17) is 9.72 Å². The van der Waals surface area contributed by atoms with Crippen LogP contribution in [0.5, 0.6) is 5.88 Å². The summed E-state index contributed by atoms with van der Waals surface area (Å²) in [5, 5.41) is 9.82. The van der Waals surface area contributed by atoms with E-state index in [0.717, 1.165) is 30.8 Å². The lowest BCUT2D eigenvalue weighted by atomic mass is 10.1. The summed E-state index contributed by atoms with van der Waals surface area (Å²) in [4.78, 5) is 23.2. The van der Waals surface area contributed by atoms with Gasteiger partial charge in [0.25, 0.3) is 0 Å². The topological polar surface area (TPSA) is 96.7 Å². The molecule has 5 rings (SSSR count).